The van der Waals surface area contributed by atoms with Gasteiger partial charge in [-0.25, -0.2) is 0 Å². The van der Waals surface area contributed by atoms with E-state index in [9.17, 15) is 0 Å². The zero-order valence-corrected chi connectivity index (χ0v) is 8.60. The van der Waals surface area contributed by atoms with Crippen LogP contribution in [0.3, 0.4) is 0 Å². The molecule has 0 amide bonds. The summed E-state index contributed by atoms with van der Waals surface area (Å²) in [6.45, 7) is 3.60. The summed E-state index contributed by atoms with van der Waals surface area (Å²) >= 11 is 0. The standard InChI is InChI=1S/C9H16O5/c1-9(2)13-6-5(4-10)12-8(11-3)7(6)14-9/h5-8,10H,4H2,1-3H3/t5-,6?,7?,8-/m1/s1. The Kier molecular flexibility index (Phi) is 2.53. The van der Waals surface area contributed by atoms with Crippen LogP contribution in [0.2, 0.25) is 0 Å². The summed E-state index contributed by atoms with van der Waals surface area (Å²) in [6, 6.07) is 0. The smallest absolute Gasteiger partial charge is 0.186 e. The highest BCUT2D eigenvalue weighted by atomic mass is 16.8. The SMILES string of the molecule is CO[C@@H]1O[C@H](CO)C2OC(C)(C)OC21. The summed E-state index contributed by atoms with van der Waals surface area (Å²) in [5, 5.41) is 9.08. The first kappa shape index (κ1) is 10.3. The van der Waals surface area contributed by atoms with Gasteiger partial charge in [0.2, 0.25) is 0 Å². The van der Waals surface area contributed by atoms with E-state index >= 15 is 0 Å². The second kappa shape index (κ2) is 3.43. The Morgan fingerprint density at radius 1 is 1.29 bits per heavy atom. The zero-order valence-electron chi connectivity index (χ0n) is 8.60. The summed E-state index contributed by atoms with van der Waals surface area (Å²) in [4.78, 5) is 0. The molecule has 2 aliphatic heterocycles. The molecule has 82 valence electrons. The van der Waals surface area contributed by atoms with Gasteiger partial charge in [-0.15, -0.1) is 0 Å². The lowest BCUT2D eigenvalue weighted by molar-refractivity contribution is -0.230. The van der Waals surface area contributed by atoms with E-state index in [2.05, 4.69) is 0 Å². The number of hydrogen-bond donors (Lipinski definition) is 1. The maximum Gasteiger partial charge on any atom is 0.186 e. The Labute approximate surface area is 82.9 Å². The van der Waals surface area contributed by atoms with Crippen molar-refractivity contribution >= 4 is 0 Å². The Hall–Kier alpha value is -0.200. The number of rotatable bonds is 2. The van der Waals surface area contributed by atoms with Crippen LogP contribution < -0.4 is 0 Å². The van der Waals surface area contributed by atoms with E-state index in [-0.39, 0.29) is 24.9 Å². The average Bonchev–Trinajstić information content (AvgIpc) is 2.57. The monoisotopic (exact) mass is 204 g/mol. The van der Waals surface area contributed by atoms with Crippen molar-refractivity contribution in [3.63, 3.8) is 0 Å². The molecular weight excluding hydrogens is 188 g/mol. The molecule has 2 saturated heterocycles. The molecule has 2 unspecified atom stereocenters. The molecule has 0 aliphatic carbocycles. The largest absolute Gasteiger partial charge is 0.394 e. The van der Waals surface area contributed by atoms with Crippen molar-refractivity contribution in [1.82, 2.24) is 0 Å². The third kappa shape index (κ3) is 1.55. The van der Waals surface area contributed by atoms with Gasteiger partial charge in [-0.05, 0) is 13.8 Å². The van der Waals surface area contributed by atoms with Crippen molar-refractivity contribution in [1.29, 1.82) is 0 Å². The Balaban J connectivity index is 2.12. The van der Waals surface area contributed by atoms with Crippen molar-refractivity contribution < 1.29 is 24.1 Å². The predicted molar refractivity (Wildman–Crippen MR) is 46.6 cm³/mol. The minimum absolute atomic E-state index is 0.0829. The molecule has 2 aliphatic rings. The highest BCUT2D eigenvalue weighted by Gasteiger charge is 2.55. The molecule has 1 N–H and O–H groups in total. The zero-order chi connectivity index (χ0) is 10.3. The first-order chi connectivity index (χ1) is 6.57. The fraction of sp³-hybridized carbons (Fsp3) is 1.00. The van der Waals surface area contributed by atoms with Crippen molar-refractivity contribution in [2.24, 2.45) is 0 Å². The van der Waals surface area contributed by atoms with Crippen LogP contribution in [0.15, 0.2) is 0 Å². The summed E-state index contributed by atoms with van der Waals surface area (Å²) in [5.74, 6) is -0.622. The predicted octanol–water partition coefficient (Wildman–Crippen LogP) is -0.130. The summed E-state index contributed by atoms with van der Waals surface area (Å²) in [6.07, 6.45) is -1.28. The maximum absolute atomic E-state index is 9.08. The Morgan fingerprint density at radius 2 is 1.93 bits per heavy atom. The van der Waals surface area contributed by atoms with Gasteiger partial charge in [0, 0.05) is 7.11 Å². The van der Waals surface area contributed by atoms with Crippen molar-refractivity contribution in [3.05, 3.63) is 0 Å². The van der Waals surface area contributed by atoms with Crippen molar-refractivity contribution in [3.8, 4) is 0 Å². The van der Waals surface area contributed by atoms with Gasteiger partial charge in [-0.2, -0.15) is 0 Å². The van der Waals surface area contributed by atoms with Crippen LogP contribution >= 0.6 is 0 Å². The number of fused-ring (bicyclic) bond motifs is 1. The lowest BCUT2D eigenvalue weighted by Crippen LogP contribution is -2.31. The molecule has 0 bridgehead atoms. The van der Waals surface area contributed by atoms with E-state index in [1.54, 1.807) is 7.11 Å². The fourth-order valence-electron chi connectivity index (χ4n) is 1.98. The molecule has 2 heterocycles. The Morgan fingerprint density at radius 3 is 2.50 bits per heavy atom. The van der Waals surface area contributed by atoms with Crippen LogP contribution in [0.1, 0.15) is 13.8 Å². The summed E-state index contributed by atoms with van der Waals surface area (Å²) in [5.41, 5.74) is 0. The normalized spacial score (nSPS) is 45.4. The van der Waals surface area contributed by atoms with Crippen LogP contribution in [0.4, 0.5) is 0 Å². The van der Waals surface area contributed by atoms with Gasteiger partial charge in [0.25, 0.3) is 0 Å². The van der Waals surface area contributed by atoms with E-state index < -0.39 is 12.1 Å². The molecule has 0 saturated carbocycles. The van der Waals surface area contributed by atoms with Crippen molar-refractivity contribution in [2.45, 2.75) is 44.2 Å². The molecule has 5 heteroatoms. The highest BCUT2D eigenvalue weighted by molar-refractivity contribution is 4.94. The van der Waals surface area contributed by atoms with Crippen LogP contribution in [-0.2, 0) is 18.9 Å². The molecule has 4 atom stereocenters. The van der Waals surface area contributed by atoms with Gasteiger partial charge in [0.1, 0.15) is 18.3 Å². The third-order valence-corrected chi connectivity index (χ3v) is 2.52. The molecule has 14 heavy (non-hydrogen) atoms. The second-order valence-corrected chi connectivity index (χ2v) is 4.03. The van der Waals surface area contributed by atoms with Crippen molar-refractivity contribution in [2.75, 3.05) is 13.7 Å². The molecule has 0 radical (unpaired) electrons. The van der Waals surface area contributed by atoms with Crippen LogP contribution in [0.5, 0.6) is 0 Å². The number of hydrogen-bond acceptors (Lipinski definition) is 5. The molecule has 0 aromatic rings. The van der Waals surface area contributed by atoms with Gasteiger partial charge >= 0.3 is 0 Å². The molecule has 0 aromatic carbocycles. The minimum Gasteiger partial charge on any atom is -0.394 e. The van der Waals surface area contributed by atoms with Crippen LogP contribution in [0.25, 0.3) is 0 Å². The fourth-order valence-corrected chi connectivity index (χ4v) is 1.98. The van der Waals surface area contributed by atoms with E-state index in [1.165, 1.54) is 0 Å². The molecule has 0 spiro atoms. The summed E-state index contributed by atoms with van der Waals surface area (Å²) < 4.78 is 21.8. The van der Waals surface area contributed by atoms with E-state index in [0.717, 1.165) is 0 Å². The average molecular weight is 204 g/mol. The molecule has 2 fully saturated rings. The first-order valence-electron chi connectivity index (χ1n) is 4.72. The lowest BCUT2D eigenvalue weighted by Gasteiger charge is -2.22. The molecule has 2 rings (SSSR count). The van der Waals surface area contributed by atoms with Gasteiger partial charge < -0.3 is 24.1 Å². The minimum atomic E-state index is -0.622. The Bertz CT molecular complexity index is 197. The van der Waals surface area contributed by atoms with E-state index in [1.807, 2.05) is 13.8 Å². The summed E-state index contributed by atoms with van der Waals surface area (Å²) in [7, 11) is 1.55. The second-order valence-electron chi connectivity index (χ2n) is 4.03. The van der Waals surface area contributed by atoms with E-state index in [4.69, 9.17) is 24.1 Å². The first-order valence-corrected chi connectivity index (χ1v) is 4.72. The number of aliphatic hydroxyl groups excluding tert-OH is 1. The molecular formula is C9H16O5. The van der Waals surface area contributed by atoms with Gasteiger partial charge in [0.05, 0.1) is 6.61 Å². The highest BCUT2D eigenvalue weighted by Crippen LogP contribution is 2.38. The number of ether oxygens (including phenoxy) is 4. The number of aliphatic hydroxyl groups is 1. The molecule has 0 aromatic heterocycles. The van der Waals surface area contributed by atoms with Gasteiger partial charge in [-0.3, -0.25) is 0 Å². The van der Waals surface area contributed by atoms with Gasteiger partial charge in [0.15, 0.2) is 12.1 Å². The quantitative estimate of drug-likeness (QED) is 0.679. The third-order valence-electron chi connectivity index (χ3n) is 2.52. The van der Waals surface area contributed by atoms with Crippen LogP contribution in [0, 0.1) is 0 Å². The maximum atomic E-state index is 9.08. The van der Waals surface area contributed by atoms with Gasteiger partial charge in [-0.1, -0.05) is 0 Å². The molecule has 5 nitrogen and oxygen atoms in total. The lowest BCUT2D eigenvalue weighted by atomic mass is 10.1. The number of methoxy groups -OCH3 is 1. The van der Waals surface area contributed by atoms with E-state index in [0.29, 0.717) is 0 Å². The van der Waals surface area contributed by atoms with Crippen LogP contribution in [-0.4, -0.2) is 49.2 Å². The topological polar surface area (TPSA) is 57.2 Å².